The molecule has 1 aromatic heterocycles. The van der Waals surface area contributed by atoms with Crippen LogP contribution in [0, 0.1) is 0 Å². The van der Waals surface area contributed by atoms with Crippen LogP contribution in [0.25, 0.3) is 0 Å². The summed E-state index contributed by atoms with van der Waals surface area (Å²) in [5.74, 6) is 0.261. The summed E-state index contributed by atoms with van der Waals surface area (Å²) in [6, 6.07) is 7.63. The second-order valence-corrected chi connectivity index (χ2v) is 7.24. The van der Waals surface area contributed by atoms with E-state index in [9.17, 15) is 4.79 Å². The summed E-state index contributed by atoms with van der Waals surface area (Å²) >= 11 is 0. The molecule has 6 heteroatoms. The van der Waals surface area contributed by atoms with Gasteiger partial charge in [0.2, 0.25) is 11.8 Å². The van der Waals surface area contributed by atoms with E-state index in [2.05, 4.69) is 15.4 Å². The molecule has 2 heterocycles. The highest BCUT2D eigenvalue weighted by molar-refractivity contribution is 5.93. The van der Waals surface area contributed by atoms with Crippen molar-refractivity contribution >= 4 is 23.2 Å². The Morgan fingerprint density at radius 3 is 2.92 bits per heavy atom. The molecule has 0 saturated heterocycles. The Hall–Kier alpha value is -2.50. The maximum Gasteiger partial charge on any atom is 0.246 e. The van der Waals surface area contributed by atoms with Gasteiger partial charge in [-0.05, 0) is 30.5 Å². The second kappa shape index (κ2) is 6.19. The number of hydrogen-bond acceptors (Lipinski definition) is 5. The number of carbonyl (C=O) groups excluding carboxylic acids is 1. The highest BCUT2D eigenvalue weighted by Crippen LogP contribution is 2.31. The van der Waals surface area contributed by atoms with Crippen LogP contribution < -0.4 is 16.0 Å². The van der Waals surface area contributed by atoms with Crippen molar-refractivity contribution in [1.29, 1.82) is 0 Å². The molecule has 1 amide bonds. The molecule has 2 aromatic rings. The fraction of sp³-hybridized carbons (Fsp3) is 0.444. The summed E-state index contributed by atoms with van der Waals surface area (Å²) in [5.41, 5.74) is 9.72. The van der Waals surface area contributed by atoms with Crippen molar-refractivity contribution in [3.8, 4) is 0 Å². The van der Waals surface area contributed by atoms with Crippen molar-refractivity contribution in [1.82, 2.24) is 5.16 Å². The summed E-state index contributed by atoms with van der Waals surface area (Å²) in [7, 11) is 0. The largest absolute Gasteiger partial charge is 0.398 e. The third kappa shape index (κ3) is 3.37. The molecule has 24 heavy (non-hydrogen) atoms. The molecule has 0 fully saturated rings. The summed E-state index contributed by atoms with van der Waals surface area (Å²) < 4.78 is 5.22. The predicted molar refractivity (Wildman–Crippen MR) is 95.2 cm³/mol. The normalized spacial score (nSPS) is 14.4. The molecule has 3 N–H and O–H groups in total. The Kier molecular flexibility index (Phi) is 4.22. The SMILES string of the molecule is CC(C)(C)c1cc(NC(=O)CN2CCCc3c(N)cccc32)on1. The highest BCUT2D eigenvalue weighted by Gasteiger charge is 2.22. The minimum atomic E-state index is -0.123. The molecule has 0 radical (unpaired) electrons. The van der Waals surface area contributed by atoms with Gasteiger partial charge in [0, 0.05) is 29.4 Å². The zero-order valence-electron chi connectivity index (χ0n) is 14.4. The van der Waals surface area contributed by atoms with Gasteiger partial charge in [-0.25, -0.2) is 0 Å². The van der Waals surface area contributed by atoms with E-state index in [1.807, 2.05) is 39.0 Å². The summed E-state index contributed by atoms with van der Waals surface area (Å²) in [5, 5.41) is 6.80. The van der Waals surface area contributed by atoms with Crippen molar-refractivity contribution in [3.05, 3.63) is 35.5 Å². The minimum absolute atomic E-state index is 0.115. The van der Waals surface area contributed by atoms with Gasteiger partial charge >= 0.3 is 0 Å². The number of amides is 1. The number of nitrogen functional groups attached to an aromatic ring is 1. The van der Waals surface area contributed by atoms with E-state index >= 15 is 0 Å². The van der Waals surface area contributed by atoms with E-state index < -0.39 is 0 Å². The predicted octanol–water partition coefficient (Wildman–Crippen LogP) is 2.95. The van der Waals surface area contributed by atoms with Crippen molar-refractivity contribution in [2.45, 2.75) is 39.0 Å². The van der Waals surface area contributed by atoms with Crippen LogP contribution in [0.5, 0.6) is 0 Å². The van der Waals surface area contributed by atoms with Crippen LogP contribution >= 0.6 is 0 Å². The Morgan fingerprint density at radius 1 is 1.42 bits per heavy atom. The number of carbonyl (C=O) groups is 1. The lowest BCUT2D eigenvalue weighted by Crippen LogP contribution is -2.37. The van der Waals surface area contributed by atoms with Crippen LogP contribution in [0.2, 0.25) is 0 Å². The zero-order valence-corrected chi connectivity index (χ0v) is 14.4. The molecule has 128 valence electrons. The molecule has 1 aliphatic rings. The van der Waals surface area contributed by atoms with Crippen molar-refractivity contribution in [2.24, 2.45) is 0 Å². The van der Waals surface area contributed by atoms with Gasteiger partial charge in [0.1, 0.15) is 0 Å². The lowest BCUT2D eigenvalue weighted by molar-refractivity contribution is -0.115. The van der Waals surface area contributed by atoms with E-state index in [0.29, 0.717) is 5.88 Å². The number of nitrogens with one attached hydrogen (secondary N) is 1. The summed E-state index contributed by atoms with van der Waals surface area (Å²) in [6.07, 6.45) is 1.95. The molecule has 1 aliphatic heterocycles. The first kappa shape index (κ1) is 16.4. The lowest BCUT2D eigenvalue weighted by atomic mass is 9.92. The van der Waals surface area contributed by atoms with E-state index in [1.165, 1.54) is 0 Å². The van der Waals surface area contributed by atoms with Crippen LogP contribution in [0.1, 0.15) is 38.4 Å². The van der Waals surface area contributed by atoms with E-state index in [0.717, 1.165) is 42.0 Å². The molecular formula is C18H24N4O2. The number of nitrogens with zero attached hydrogens (tertiary/aromatic N) is 2. The summed E-state index contributed by atoms with van der Waals surface area (Å²) in [4.78, 5) is 14.4. The van der Waals surface area contributed by atoms with Gasteiger partial charge in [0.15, 0.2) is 0 Å². The molecule has 0 aliphatic carbocycles. The van der Waals surface area contributed by atoms with Gasteiger partial charge in [-0.2, -0.15) is 0 Å². The number of hydrogen-bond donors (Lipinski definition) is 2. The molecule has 6 nitrogen and oxygen atoms in total. The average molecular weight is 328 g/mol. The van der Waals surface area contributed by atoms with Gasteiger partial charge in [0.05, 0.1) is 12.2 Å². The van der Waals surface area contributed by atoms with E-state index in [-0.39, 0.29) is 17.9 Å². The third-order valence-corrected chi connectivity index (χ3v) is 4.26. The molecule has 0 spiro atoms. The highest BCUT2D eigenvalue weighted by atomic mass is 16.5. The van der Waals surface area contributed by atoms with Crippen molar-refractivity contribution in [2.75, 3.05) is 29.0 Å². The number of aromatic nitrogens is 1. The minimum Gasteiger partial charge on any atom is -0.398 e. The van der Waals surface area contributed by atoms with Crippen molar-refractivity contribution < 1.29 is 9.32 Å². The number of fused-ring (bicyclic) bond motifs is 1. The van der Waals surface area contributed by atoms with Gasteiger partial charge in [-0.3, -0.25) is 10.1 Å². The van der Waals surface area contributed by atoms with Crippen LogP contribution in [0.3, 0.4) is 0 Å². The Bertz CT molecular complexity index is 746. The maximum absolute atomic E-state index is 12.4. The smallest absolute Gasteiger partial charge is 0.246 e. The number of nitrogens with two attached hydrogens (primary N) is 1. The monoisotopic (exact) mass is 328 g/mol. The standard InChI is InChI=1S/C18H24N4O2/c1-18(2,3)15-10-17(24-21-15)20-16(23)11-22-9-5-6-12-13(19)7-4-8-14(12)22/h4,7-8,10H,5-6,9,11,19H2,1-3H3,(H,20,23). The van der Waals surface area contributed by atoms with Crippen LogP contribution in [-0.4, -0.2) is 24.2 Å². The molecule has 0 bridgehead atoms. The fourth-order valence-corrected chi connectivity index (χ4v) is 2.93. The molecular weight excluding hydrogens is 304 g/mol. The first-order chi connectivity index (χ1) is 11.3. The first-order valence-corrected chi connectivity index (χ1v) is 8.24. The van der Waals surface area contributed by atoms with Crippen LogP contribution in [0.4, 0.5) is 17.3 Å². The van der Waals surface area contributed by atoms with Gasteiger partial charge < -0.3 is 15.2 Å². The molecule has 3 rings (SSSR count). The third-order valence-electron chi connectivity index (χ3n) is 4.26. The van der Waals surface area contributed by atoms with Crippen LogP contribution in [0.15, 0.2) is 28.8 Å². The van der Waals surface area contributed by atoms with Gasteiger partial charge in [0.25, 0.3) is 0 Å². The molecule has 0 atom stereocenters. The lowest BCUT2D eigenvalue weighted by Gasteiger charge is -2.31. The van der Waals surface area contributed by atoms with E-state index in [4.69, 9.17) is 10.3 Å². The van der Waals surface area contributed by atoms with E-state index in [1.54, 1.807) is 6.07 Å². The number of benzene rings is 1. The van der Waals surface area contributed by atoms with Gasteiger partial charge in [-0.1, -0.05) is 32.0 Å². The number of rotatable bonds is 3. The Labute approximate surface area is 142 Å². The average Bonchev–Trinajstić information content (AvgIpc) is 2.97. The fourth-order valence-electron chi connectivity index (χ4n) is 2.93. The Morgan fingerprint density at radius 2 is 2.21 bits per heavy atom. The Balaban J connectivity index is 1.68. The topological polar surface area (TPSA) is 84.4 Å². The molecule has 0 unspecified atom stereocenters. The van der Waals surface area contributed by atoms with Gasteiger partial charge in [-0.15, -0.1) is 0 Å². The van der Waals surface area contributed by atoms with Crippen molar-refractivity contribution in [3.63, 3.8) is 0 Å². The van der Waals surface area contributed by atoms with Crippen LogP contribution in [-0.2, 0) is 16.6 Å². The maximum atomic E-state index is 12.4. The second-order valence-electron chi connectivity index (χ2n) is 7.24. The molecule has 0 saturated carbocycles. The number of anilines is 3. The summed E-state index contributed by atoms with van der Waals surface area (Å²) in [6.45, 7) is 7.25. The molecule has 1 aromatic carbocycles. The quantitative estimate of drug-likeness (QED) is 0.846. The zero-order chi connectivity index (χ0) is 17.3. The first-order valence-electron chi connectivity index (χ1n) is 8.24.